The highest BCUT2D eigenvalue weighted by atomic mass is 32.2. The molecular weight excluding hydrogens is 424 g/mol. The fraction of sp³-hybridized carbons (Fsp3) is 0.391. The van der Waals surface area contributed by atoms with Crippen LogP contribution in [0.3, 0.4) is 0 Å². The quantitative estimate of drug-likeness (QED) is 0.374. The van der Waals surface area contributed by atoms with E-state index >= 15 is 0 Å². The molecule has 1 aliphatic rings. The number of thioether (sulfide) groups is 1. The first kappa shape index (κ1) is 20.8. The van der Waals surface area contributed by atoms with Gasteiger partial charge in [-0.1, -0.05) is 31.0 Å². The van der Waals surface area contributed by atoms with Crippen LogP contribution in [0.5, 0.6) is 11.5 Å². The first-order chi connectivity index (χ1) is 15.8. The van der Waals surface area contributed by atoms with Crippen LogP contribution < -0.4 is 9.47 Å². The molecule has 1 saturated carbocycles. The van der Waals surface area contributed by atoms with Gasteiger partial charge in [-0.15, -0.1) is 10.2 Å². The Morgan fingerprint density at radius 3 is 2.69 bits per heavy atom. The third kappa shape index (κ3) is 4.04. The Bertz CT molecular complexity index is 1180. The van der Waals surface area contributed by atoms with E-state index in [1.807, 2.05) is 41.1 Å². The molecule has 166 valence electrons. The van der Waals surface area contributed by atoms with Crippen LogP contribution in [0.1, 0.15) is 43.8 Å². The molecule has 0 bridgehead atoms. The molecule has 32 heavy (non-hydrogen) atoms. The summed E-state index contributed by atoms with van der Waals surface area (Å²) < 4.78 is 15.2. The van der Waals surface area contributed by atoms with Crippen molar-refractivity contribution in [3.63, 3.8) is 0 Å². The van der Waals surface area contributed by atoms with Crippen molar-refractivity contribution in [3.8, 4) is 22.9 Å². The zero-order valence-corrected chi connectivity index (χ0v) is 19.1. The minimum Gasteiger partial charge on any atom is -0.493 e. The van der Waals surface area contributed by atoms with Gasteiger partial charge in [0.1, 0.15) is 0 Å². The molecule has 9 heteroatoms. The Labute approximate surface area is 191 Å². The van der Waals surface area contributed by atoms with Gasteiger partial charge in [0.05, 0.1) is 19.9 Å². The molecule has 4 aromatic rings. The summed E-state index contributed by atoms with van der Waals surface area (Å²) in [5.74, 6) is 3.68. The smallest absolute Gasteiger partial charge is 0.233 e. The molecule has 0 unspecified atom stereocenters. The van der Waals surface area contributed by atoms with Gasteiger partial charge < -0.3 is 9.47 Å². The van der Waals surface area contributed by atoms with Crippen molar-refractivity contribution in [2.24, 2.45) is 0 Å². The van der Waals surface area contributed by atoms with Crippen LogP contribution in [-0.4, -0.2) is 43.4 Å². The number of rotatable bonds is 7. The summed E-state index contributed by atoms with van der Waals surface area (Å²) in [5, 5.41) is 10.1. The zero-order chi connectivity index (χ0) is 21.9. The van der Waals surface area contributed by atoms with Crippen molar-refractivity contribution in [3.05, 3.63) is 48.5 Å². The molecule has 0 atom stereocenters. The predicted molar refractivity (Wildman–Crippen MR) is 123 cm³/mol. The fourth-order valence-electron chi connectivity index (χ4n) is 4.30. The van der Waals surface area contributed by atoms with E-state index in [-0.39, 0.29) is 0 Å². The Balaban J connectivity index is 1.48. The topological polar surface area (TPSA) is 79.4 Å². The predicted octanol–water partition coefficient (Wildman–Crippen LogP) is 4.80. The van der Waals surface area contributed by atoms with Crippen molar-refractivity contribution in [2.75, 3.05) is 14.2 Å². The summed E-state index contributed by atoms with van der Waals surface area (Å²) in [6, 6.07) is 8.22. The summed E-state index contributed by atoms with van der Waals surface area (Å²) in [4.78, 5) is 8.93. The Morgan fingerprint density at radius 1 is 1.06 bits per heavy atom. The van der Waals surface area contributed by atoms with Crippen molar-refractivity contribution < 1.29 is 9.47 Å². The van der Waals surface area contributed by atoms with E-state index in [9.17, 15) is 0 Å². The molecule has 0 aliphatic heterocycles. The molecule has 0 radical (unpaired) electrons. The van der Waals surface area contributed by atoms with Gasteiger partial charge in [-0.3, -0.25) is 8.97 Å². The van der Waals surface area contributed by atoms with Gasteiger partial charge in [-0.25, -0.2) is 9.97 Å². The lowest BCUT2D eigenvalue weighted by atomic mass is 9.95. The highest BCUT2D eigenvalue weighted by Gasteiger charge is 2.24. The lowest BCUT2D eigenvalue weighted by molar-refractivity contribution is 0.339. The van der Waals surface area contributed by atoms with Gasteiger partial charge >= 0.3 is 0 Å². The number of hydrogen-bond donors (Lipinski definition) is 0. The maximum atomic E-state index is 5.52. The summed E-state index contributed by atoms with van der Waals surface area (Å²) >= 11 is 1.67. The number of fused-ring (bicyclic) bond motifs is 1. The number of imidazole rings is 1. The summed E-state index contributed by atoms with van der Waals surface area (Å²) in [6.45, 7) is 0. The lowest BCUT2D eigenvalue weighted by Gasteiger charge is -2.25. The minimum atomic E-state index is 0.395. The maximum Gasteiger partial charge on any atom is 0.233 e. The van der Waals surface area contributed by atoms with Gasteiger partial charge in [-0.05, 0) is 37.1 Å². The van der Waals surface area contributed by atoms with E-state index in [4.69, 9.17) is 9.47 Å². The number of nitrogens with zero attached hydrogens (tertiary/aromatic N) is 6. The van der Waals surface area contributed by atoms with Crippen LogP contribution in [0.15, 0.2) is 48.0 Å². The molecular formula is C23H26N6O2S. The summed E-state index contributed by atoms with van der Waals surface area (Å²) in [6.07, 6.45) is 11.8. The Kier molecular flexibility index (Phi) is 5.98. The minimum absolute atomic E-state index is 0.395. The molecule has 3 aromatic heterocycles. The fourth-order valence-corrected chi connectivity index (χ4v) is 5.19. The van der Waals surface area contributed by atoms with Gasteiger partial charge in [0.25, 0.3) is 0 Å². The number of benzene rings is 1. The van der Waals surface area contributed by atoms with Crippen LogP contribution in [0.4, 0.5) is 0 Å². The standard InChI is InChI=1S/C23H26N6O2S/c1-30-19-10-9-16(13-20(19)31-2)21-26-27-23(29(21)18-7-4-3-5-8-18)32-15-17-14-28-12-6-11-24-22(28)25-17/h6,9-14,18H,3-5,7-8,15H2,1-2H3. The van der Waals surface area contributed by atoms with E-state index < -0.39 is 0 Å². The first-order valence-electron chi connectivity index (χ1n) is 10.9. The van der Waals surface area contributed by atoms with Crippen LogP contribution in [0, 0.1) is 0 Å². The monoisotopic (exact) mass is 450 g/mol. The average Bonchev–Trinajstić information content (AvgIpc) is 3.46. The molecule has 1 aliphatic carbocycles. The molecule has 0 saturated heterocycles. The first-order valence-corrected chi connectivity index (χ1v) is 11.8. The molecule has 8 nitrogen and oxygen atoms in total. The molecule has 1 fully saturated rings. The van der Waals surface area contributed by atoms with E-state index in [2.05, 4.69) is 24.7 Å². The number of ether oxygens (including phenoxy) is 2. The molecule has 0 amide bonds. The highest BCUT2D eigenvalue weighted by Crippen LogP contribution is 2.38. The molecule has 0 N–H and O–H groups in total. The van der Waals surface area contributed by atoms with Crippen molar-refractivity contribution in [1.82, 2.24) is 29.1 Å². The summed E-state index contributed by atoms with van der Waals surface area (Å²) in [7, 11) is 3.30. The second kappa shape index (κ2) is 9.20. The number of aromatic nitrogens is 6. The third-order valence-corrected chi connectivity index (χ3v) is 6.86. The molecule has 5 rings (SSSR count). The highest BCUT2D eigenvalue weighted by molar-refractivity contribution is 7.98. The van der Waals surface area contributed by atoms with Gasteiger partial charge in [-0.2, -0.15) is 0 Å². The van der Waals surface area contributed by atoms with Crippen molar-refractivity contribution in [2.45, 2.75) is 49.1 Å². The normalized spacial score (nSPS) is 14.7. The van der Waals surface area contributed by atoms with Gasteiger partial charge in [0, 0.05) is 35.9 Å². The molecule has 3 heterocycles. The zero-order valence-electron chi connectivity index (χ0n) is 18.3. The van der Waals surface area contributed by atoms with E-state index in [0.29, 0.717) is 29.1 Å². The summed E-state index contributed by atoms with van der Waals surface area (Å²) in [5.41, 5.74) is 1.95. The van der Waals surface area contributed by atoms with Crippen LogP contribution in [-0.2, 0) is 5.75 Å². The largest absolute Gasteiger partial charge is 0.493 e. The van der Waals surface area contributed by atoms with Crippen molar-refractivity contribution >= 4 is 17.5 Å². The number of methoxy groups -OCH3 is 2. The number of hydrogen-bond acceptors (Lipinski definition) is 7. The van der Waals surface area contributed by atoms with Crippen molar-refractivity contribution in [1.29, 1.82) is 0 Å². The SMILES string of the molecule is COc1ccc(-c2nnc(SCc3cn4cccnc4n3)n2C2CCCCC2)cc1OC. The van der Waals surface area contributed by atoms with Gasteiger partial charge in [0.15, 0.2) is 22.5 Å². The molecule has 0 spiro atoms. The second-order valence-electron chi connectivity index (χ2n) is 7.89. The maximum absolute atomic E-state index is 5.52. The Hall–Kier alpha value is -3.07. The van der Waals surface area contributed by atoms with E-state index in [0.717, 1.165) is 35.1 Å². The van der Waals surface area contributed by atoms with E-state index in [1.165, 1.54) is 19.3 Å². The van der Waals surface area contributed by atoms with Gasteiger partial charge in [0.2, 0.25) is 5.78 Å². The Morgan fingerprint density at radius 2 is 1.91 bits per heavy atom. The van der Waals surface area contributed by atoms with Crippen LogP contribution in [0.25, 0.3) is 17.2 Å². The van der Waals surface area contributed by atoms with Crippen LogP contribution in [0.2, 0.25) is 0 Å². The lowest BCUT2D eigenvalue weighted by Crippen LogP contribution is -2.15. The molecule has 1 aromatic carbocycles. The average molecular weight is 451 g/mol. The third-order valence-electron chi connectivity index (χ3n) is 5.88. The van der Waals surface area contributed by atoms with Crippen LogP contribution >= 0.6 is 11.8 Å². The van der Waals surface area contributed by atoms with E-state index in [1.54, 1.807) is 32.2 Å². The second-order valence-corrected chi connectivity index (χ2v) is 8.83.